The number of esters is 1. The van der Waals surface area contributed by atoms with Gasteiger partial charge in [0.05, 0.1) is 12.1 Å². The van der Waals surface area contributed by atoms with Gasteiger partial charge in [-0.15, -0.1) is 0 Å². The van der Waals surface area contributed by atoms with E-state index in [4.69, 9.17) is 25.8 Å². The van der Waals surface area contributed by atoms with Crippen molar-refractivity contribution >= 4 is 29.2 Å². The molecule has 6 nitrogen and oxygen atoms in total. The molecular weight excluding hydrogens is 358 g/mol. The minimum absolute atomic E-state index is 0.364. The van der Waals surface area contributed by atoms with E-state index in [-0.39, 0.29) is 0 Å². The van der Waals surface area contributed by atoms with Crippen LogP contribution in [-0.4, -0.2) is 25.3 Å². The Morgan fingerprint density at radius 2 is 2.00 bits per heavy atom. The average Bonchev–Trinajstić information content (AvgIpc) is 2.72. The minimum Gasteiger partial charge on any atom is -0.495 e. The Balaban J connectivity index is 2.15. The highest BCUT2D eigenvalue weighted by Gasteiger charge is 2.35. The summed E-state index contributed by atoms with van der Waals surface area (Å²) in [6.45, 7) is 3.15. The number of aryl methyl sites for hydroxylation is 1. The summed E-state index contributed by atoms with van der Waals surface area (Å²) in [4.78, 5) is 23.8. The van der Waals surface area contributed by atoms with Crippen LogP contribution in [0.3, 0.4) is 0 Å². The fraction of sp³-hybridized carbons (Fsp3) is 0.263. The third-order valence-corrected chi connectivity index (χ3v) is 4.39. The van der Waals surface area contributed by atoms with Crippen LogP contribution in [0.1, 0.15) is 29.7 Å². The predicted molar refractivity (Wildman–Crippen MR) is 96.3 cm³/mol. The summed E-state index contributed by atoms with van der Waals surface area (Å²) in [5.74, 6) is -0.705. The molecule has 0 unspecified atom stereocenters. The molecule has 0 fully saturated rings. The van der Waals surface area contributed by atoms with Crippen LogP contribution in [0.25, 0.3) is 0 Å². The third kappa shape index (κ3) is 3.52. The number of benzene rings is 2. The lowest BCUT2D eigenvalue weighted by atomic mass is 9.97. The summed E-state index contributed by atoms with van der Waals surface area (Å²) in [6.07, 6.45) is -2.12. The van der Waals surface area contributed by atoms with Crippen molar-refractivity contribution in [1.82, 2.24) is 0 Å². The normalized spacial score (nSPS) is 19.2. The Kier molecular flexibility index (Phi) is 5.15. The summed E-state index contributed by atoms with van der Waals surface area (Å²) in [5, 5.41) is 3.10. The first-order chi connectivity index (χ1) is 12.4. The maximum absolute atomic E-state index is 12.4. The fourth-order valence-corrected chi connectivity index (χ4v) is 3.13. The van der Waals surface area contributed by atoms with Crippen LogP contribution in [0.2, 0.25) is 5.02 Å². The van der Waals surface area contributed by atoms with E-state index in [0.29, 0.717) is 27.6 Å². The van der Waals surface area contributed by atoms with Crippen molar-refractivity contribution in [1.29, 1.82) is 0 Å². The Morgan fingerprint density at radius 3 is 2.69 bits per heavy atom. The largest absolute Gasteiger partial charge is 0.495 e. The van der Waals surface area contributed by atoms with Gasteiger partial charge < -0.3 is 19.5 Å². The zero-order valence-electron chi connectivity index (χ0n) is 14.5. The van der Waals surface area contributed by atoms with E-state index in [1.54, 1.807) is 24.3 Å². The average molecular weight is 376 g/mol. The number of anilines is 1. The molecule has 2 aromatic rings. The molecule has 1 N–H and O–H groups in total. The number of nitrogens with one attached hydrogen (secondary N) is 1. The number of hydrogen-bond acceptors (Lipinski definition) is 5. The van der Waals surface area contributed by atoms with E-state index < -0.39 is 24.3 Å². The van der Waals surface area contributed by atoms with Crippen molar-refractivity contribution in [3.63, 3.8) is 0 Å². The van der Waals surface area contributed by atoms with Crippen molar-refractivity contribution in [3.05, 3.63) is 58.1 Å². The van der Waals surface area contributed by atoms with Gasteiger partial charge in [-0.2, -0.15) is 0 Å². The molecule has 2 atom stereocenters. The summed E-state index contributed by atoms with van der Waals surface area (Å²) in [5.41, 5.74) is 2.87. The molecule has 26 heavy (non-hydrogen) atoms. The van der Waals surface area contributed by atoms with Gasteiger partial charge in [0.25, 0.3) is 12.2 Å². The Bertz CT molecular complexity index is 867. The topological polar surface area (TPSA) is 73.9 Å². The lowest BCUT2D eigenvalue weighted by Crippen LogP contribution is -2.33. The maximum atomic E-state index is 12.4. The van der Waals surface area contributed by atoms with Crippen molar-refractivity contribution < 1.29 is 23.8 Å². The molecule has 0 spiro atoms. The van der Waals surface area contributed by atoms with Gasteiger partial charge in [-0.25, -0.2) is 0 Å². The molecule has 0 aliphatic carbocycles. The molecule has 0 saturated carbocycles. The van der Waals surface area contributed by atoms with Gasteiger partial charge in [0.1, 0.15) is 11.9 Å². The predicted octanol–water partition coefficient (Wildman–Crippen LogP) is 3.60. The fourth-order valence-electron chi connectivity index (χ4n) is 2.82. The van der Waals surface area contributed by atoms with Gasteiger partial charge in [-0.3, -0.25) is 9.59 Å². The van der Waals surface area contributed by atoms with Gasteiger partial charge in [-0.1, -0.05) is 41.4 Å². The van der Waals surface area contributed by atoms with E-state index in [2.05, 4.69) is 5.32 Å². The highest BCUT2D eigenvalue weighted by Crippen LogP contribution is 2.41. The first kappa shape index (κ1) is 18.2. The molecule has 1 heterocycles. The van der Waals surface area contributed by atoms with Gasteiger partial charge in [-0.05, 0) is 19.1 Å². The number of hydrogen-bond donors (Lipinski definition) is 1. The zero-order chi connectivity index (χ0) is 18.8. The Morgan fingerprint density at radius 1 is 1.23 bits per heavy atom. The van der Waals surface area contributed by atoms with Crippen LogP contribution >= 0.6 is 11.6 Å². The molecule has 0 radical (unpaired) electrons. The first-order valence-electron chi connectivity index (χ1n) is 7.97. The number of fused-ring (bicyclic) bond motifs is 1. The molecule has 2 aromatic carbocycles. The second-order valence-corrected chi connectivity index (χ2v) is 6.28. The second kappa shape index (κ2) is 7.35. The summed E-state index contributed by atoms with van der Waals surface area (Å²) in [6, 6.07) is 10.8. The number of carbonyl (C=O) groups excluding carboxylic acids is 2. The Labute approximate surface area is 156 Å². The highest BCUT2D eigenvalue weighted by molar-refractivity contribution is 6.33. The van der Waals surface area contributed by atoms with Crippen molar-refractivity contribution in [2.24, 2.45) is 0 Å². The maximum Gasteiger partial charge on any atom is 0.305 e. The standard InChI is InChI=1S/C19H18ClNO5/c1-10-7-8-14-13(9-10)17(12-5-4-6-15(24-3)16(12)20)26-19(18(23)21-14)25-11(2)22/h4-9,17,19H,1-3H3,(H,21,23)/t17-,19+/m0/s1. The van der Waals surface area contributed by atoms with Gasteiger partial charge in [0, 0.05) is 23.7 Å². The van der Waals surface area contributed by atoms with Crippen LogP contribution in [0.15, 0.2) is 36.4 Å². The van der Waals surface area contributed by atoms with Crippen LogP contribution < -0.4 is 10.1 Å². The number of methoxy groups -OCH3 is 1. The van der Waals surface area contributed by atoms with E-state index in [0.717, 1.165) is 5.56 Å². The first-order valence-corrected chi connectivity index (χ1v) is 8.35. The third-order valence-electron chi connectivity index (χ3n) is 3.99. The van der Waals surface area contributed by atoms with Crippen LogP contribution in [0, 0.1) is 6.92 Å². The van der Waals surface area contributed by atoms with Crippen molar-refractivity contribution in [2.75, 3.05) is 12.4 Å². The molecule has 7 heteroatoms. The smallest absolute Gasteiger partial charge is 0.305 e. The highest BCUT2D eigenvalue weighted by atomic mass is 35.5. The Hall–Kier alpha value is -2.57. The molecule has 0 saturated heterocycles. The number of carbonyl (C=O) groups is 2. The van der Waals surface area contributed by atoms with Crippen molar-refractivity contribution in [3.8, 4) is 5.75 Å². The van der Waals surface area contributed by atoms with Gasteiger partial charge >= 0.3 is 5.97 Å². The lowest BCUT2D eigenvalue weighted by molar-refractivity contribution is -0.187. The number of ether oxygens (including phenoxy) is 3. The monoisotopic (exact) mass is 375 g/mol. The minimum atomic E-state index is -1.40. The van der Waals surface area contributed by atoms with Crippen LogP contribution in [0.5, 0.6) is 5.75 Å². The van der Waals surface area contributed by atoms with Crippen molar-refractivity contribution in [2.45, 2.75) is 26.2 Å². The van der Waals surface area contributed by atoms with Gasteiger partial charge in [0.15, 0.2) is 0 Å². The molecule has 0 aromatic heterocycles. The summed E-state index contributed by atoms with van der Waals surface area (Å²) < 4.78 is 16.2. The van der Waals surface area contributed by atoms with E-state index in [1.807, 2.05) is 19.1 Å². The van der Waals surface area contributed by atoms with Crippen LogP contribution in [-0.2, 0) is 19.1 Å². The number of rotatable bonds is 3. The summed E-state index contributed by atoms with van der Waals surface area (Å²) >= 11 is 6.47. The second-order valence-electron chi connectivity index (χ2n) is 5.90. The molecular formula is C19H18ClNO5. The lowest BCUT2D eigenvalue weighted by Gasteiger charge is -2.23. The zero-order valence-corrected chi connectivity index (χ0v) is 15.3. The number of halogens is 1. The van der Waals surface area contributed by atoms with E-state index in [9.17, 15) is 9.59 Å². The number of amides is 1. The molecule has 0 bridgehead atoms. The van der Waals surface area contributed by atoms with Crippen LogP contribution in [0.4, 0.5) is 5.69 Å². The SMILES string of the molecule is COc1cccc([C@@H]2O[C@@H](OC(C)=O)C(=O)Nc3ccc(C)cc32)c1Cl. The summed E-state index contributed by atoms with van der Waals surface area (Å²) in [7, 11) is 1.52. The van der Waals surface area contributed by atoms with Gasteiger partial charge in [0.2, 0.25) is 0 Å². The molecule has 1 aliphatic heterocycles. The molecule has 1 aliphatic rings. The van der Waals surface area contributed by atoms with E-state index in [1.165, 1.54) is 14.0 Å². The quantitative estimate of drug-likeness (QED) is 0.829. The molecule has 136 valence electrons. The molecule has 3 rings (SSSR count). The van der Waals surface area contributed by atoms with E-state index >= 15 is 0 Å². The molecule has 1 amide bonds.